The fourth-order valence-corrected chi connectivity index (χ4v) is 12.3. The molecule has 4 saturated heterocycles. The number of carbonyl (C=O) groups is 7. The number of hydrogen-bond acceptors (Lipinski definition) is 12. The number of anilines is 1. The highest BCUT2D eigenvalue weighted by Crippen LogP contribution is 2.59. The lowest BCUT2D eigenvalue weighted by atomic mass is 10.0. The summed E-state index contributed by atoms with van der Waals surface area (Å²) < 4.78 is 47.4. The highest BCUT2D eigenvalue weighted by atomic mass is 79.9. The monoisotopic (exact) mass is 1160 g/mol. The van der Waals surface area contributed by atoms with Crippen molar-refractivity contribution < 1.29 is 61.4 Å². The Labute approximate surface area is 448 Å². The number of aromatic nitrogens is 1. The number of halogens is 4. The fraction of sp³-hybridized carbons (Fsp3) is 0.460. The number of fused-ring (bicyclic) bond motifs is 3. The molecule has 5 atom stereocenters. The number of likely N-dealkylation sites (N-methyl/N-ethyl adjacent to an activating group) is 1. The Morgan fingerprint density at radius 3 is 2.49 bits per heavy atom. The number of rotatable bonds is 16. The molecular formula is C50H57BrClF2N10O11P. The van der Waals surface area contributed by atoms with Gasteiger partial charge in [-0.15, -0.1) is 0 Å². The third-order valence-corrected chi connectivity index (χ3v) is 16.8. The number of hydrogen-bond donors (Lipinski definition) is 7. The van der Waals surface area contributed by atoms with Crippen LogP contribution in [0.15, 0.2) is 59.1 Å². The summed E-state index contributed by atoms with van der Waals surface area (Å²) in [6, 6.07) is 9.60. The smallest absolute Gasteiger partial charge is 0.399 e. The second-order valence-electron chi connectivity index (χ2n) is 20.0. The third-order valence-electron chi connectivity index (χ3n) is 14.8. The second kappa shape index (κ2) is 22.2. The van der Waals surface area contributed by atoms with Gasteiger partial charge in [0.2, 0.25) is 29.5 Å². The van der Waals surface area contributed by atoms with Gasteiger partial charge in [-0.2, -0.15) is 8.78 Å². The van der Waals surface area contributed by atoms with Gasteiger partial charge in [0.25, 0.3) is 11.8 Å². The van der Waals surface area contributed by atoms with Crippen molar-refractivity contribution in [2.75, 3.05) is 57.8 Å². The van der Waals surface area contributed by atoms with Crippen LogP contribution in [-0.2, 0) is 47.3 Å². The van der Waals surface area contributed by atoms with Crippen molar-refractivity contribution in [2.24, 2.45) is 5.73 Å². The molecule has 0 aliphatic carbocycles. The average Bonchev–Trinajstić information content (AvgIpc) is 4.10. The molecule has 3 aromatic carbocycles. The van der Waals surface area contributed by atoms with E-state index in [4.69, 9.17) is 22.1 Å². The first kappa shape index (κ1) is 54.8. The van der Waals surface area contributed by atoms with E-state index in [1.165, 1.54) is 21.9 Å². The summed E-state index contributed by atoms with van der Waals surface area (Å²) in [6.07, 6.45) is 1.86. The number of piperidine rings is 1. The van der Waals surface area contributed by atoms with Crippen molar-refractivity contribution in [3.8, 4) is 5.75 Å². The molecule has 5 aliphatic heterocycles. The van der Waals surface area contributed by atoms with Gasteiger partial charge < -0.3 is 55.5 Å². The molecule has 4 aromatic rings. The van der Waals surface area contributed by atoms with Crippen molar-refractivity contribution >= 4 is 93.1 Å². The molecular weight excluding hydrogens is 1100 g/mol. The maximum absolute atomic E-state index is 14.5. The van der Waals surface area contributed by atoms with Gasteiger partial charge in [-0.05, 0) is 109 Å². The molecule has 9 rings (SSSR count). The zero-order chi connectivity index (χ0) is 54.4. The highest BCUT2D eigenvalue weighted by Gasteiger charge is 2.51. The first-order chi connectivity index (χ1) is 36.1. The maximum Gasteiger partial charge on any atom is 0.399 e. The van der Waals surface area contributed by atoms with Crippen LogP contribution in [0.25, 0.3) is 10.9 Å². The van der Waals surface area contributed by atoms with E-state index in [1.54, 1.807) is 13.1 Å². The minimum atomic E-state index is -5.85. The normalized spacial score (nSPS) is 22.2. The van der Waals surface area contributed by atoms with E-state index in [-0.39, 0.29) is 79.8 Å². The molecule has 21 nitrogen and oxygen atoms in total. The first-order valence-corrected chi connectivity index (χ1v) is 27.7. The van der Waals surface area contributed by atoms with Crippen LogP contribution in [0.3, 0.4) is 0 Å². The molecule has 406 valence electrons. The average molecular weight is 1160 g/mol. The zero-order valence-corrected chi connectivity index (χ0v) is 44.5. The van der Waals surface area contributed by atoms with E-state index in [1.807, 2.05) is 29.2 Å². The lowest BCUT2D eigenvalue weighted by Gasteiger charge is -2.38. The van der Waals surface area contributed by atoms with Crippen LogP contribution < -0.4 is 31.3 Å². The molecule has 7 amide bonds. The molecule has 76 heavy (non-hydrogen) atoms. The number of ether oxygens (including phenoxy) is 1. The van der Waals surface area contributed by atoms with E-state index in [0.717, 1.165) is 28.9 Å². The van der Waals surface area contributed by atoms with Gasteiger partial charge in [-0.3, -0.25) is 48.3 Å². The van der Waals surface area contributed by atoms with E-state index in [2.05, 4.69) is 46.7 Å². The van der Waals surface area contributed by atoms with Crippen LogP contribution in [0, 0.1) is 0 Å². The van der Waals surface area contributed by atoms with Crippen molar-refractivity contribution in [1.82, 2.24) is 40.5 Å². The number of piperazine rings is 1. The molecule has 8 N–H and O–H groups in total. The van der Waals surface area contributed by atoms with Crippen LogP contribution in [0.2, 0.25) is 5.02 Å². The lowest BCUT2D eigenvalue weighted by molar-refractivity contribution is -0.143. The summed E-state index contributed by atoms with van der Waals surface area (Å²) in [4.78, 5) is 123. The topological polar surface area (TPSA) is 280 Å². The Balaban J connectivity index is 0.818. The minimum absolute atomic E-state index is 0.0781. The predicted octanol–water partition coefficient (Wildman–Crippen LogP) is 3.52. The molecule has 1 aromatic heterocycles. The number of aromatic amines is 1. The first-order valence-electron chi connectivity index (χ1n) is 24.9. The molecule has 6 heterocycles. The quantitative estimate of drug-likeness (QED) is 0.0625. The number of imide groups is 1. The van der Waals surface area contributed by atoms with Crippen LogP contribution in [0.5, 0.6) is 5.75 Å². The SMILES string of the molecule is CN1CC[C@H]2CC[C@@H](C(=O)N[C@@H](CCC(N)=O)COc3cccc(N4CCN(Cc5cc(Br)c6c(c5)CN(C5CCC(=O)NC5=O)C6=O)CC4)c3Cl)N2C(=O)[C@@H](NC(=O)c2cc3cc(C(F)(F)P(=O)(O)O)ccc3[nH]2)C1. The van der Waals surface area contributed by atoms with Crippen LogP contribution >= 0.6 is 35.1 Å². The highest BCUT2D eigenvalue weighted by molar-refractivity contribution is 9.10. The molecule has 0 radical (unpaired) electrons. The van der Waals surface area contributed by atoms with Crippen molar-refractivity contribution in [1.29, 1.82) is 0 Å². The molecule has 1 unspecified atom stereocenters. The van der Waals surface area contributed by atoms with Crippen LogP contribution in [-0.4, -0.2) is 159 Å². The van der Waals surface area contributed by atoms with Gasteiger partial charge >= 0.3 is 13.3 Å². The van der Waals surface area contributed by atoms with Gasteiger partial charge in [0, 0.05) is 85.6 Å². The summed E-state index contributed by atoms with van der Waals surface area (Å²) in [5.74, 6) is -3.04. The van der Waals surface area contributed by atoms with Gasteiger partial charge in [0.15, 0.2) is 0 Å². The standard InChI is InChI=1S/C50H57BrClF2N10O11P/c1-60-14-13-32-7-9-39(64(32)48(70)36(25-60)58-45(67)35-22-28-21-30(5-8-34(28)57-35)50(53,54)76(72,73)74)47(69)56-31(6-11-41(55)65)26-75-40-4-2-3-37(44(40)52)62-17-15-61(16-18-62)23-27-19-29-24-63(49(71)43(29)33(51)20-27)38-10-12-42(66)59-46(38)68/h2-5,8,19-22,31-32,36,38-39,57H,6-7,9-18,23-26H2,1H3,(H2,55,65)(H,56,69)(H,58,67)(H,59,66,68)(H2,72,73,74)/t31-,32+,36-,38?,39-/m0/s1. The Bertz CT molecular complexity index is 3050. The van der Waals surface area contributed by atoms with Gasteiger partial charge in [0.05, 0.1) is 17.3 Å². The third kappa shape index (κ3) is 11.5. The number of benzene rings is 3. The summed E-state index contributed by atoms with van der Waals surface area (Å²) in [5.41, 5.74) is 3.36. The number of carbonyl (C=O) groups excluding carboxylic acids is 7. The summed E-state index contributed by atoms with van der Waals surface area (Å²) in [7, 11) is -4.06. The van der Waals surface area contributed by atoms with Gasteiger partial charge in [-0.25, -0.2) is 0 Å². The Hall–Kier alpha value is -6.01. The zero-order valence-electron chi connectivity index (χ0n) is 41.2. The van der Waals surface area contributed by atoms with Crippen LogP contribution in [0.4, 0.5) is 14.5 Å². The van der Waals surface area contributed by atoms with Crippen molar-refractivity contribution in [2.45, 2.75) is 93.9 Å². The predicted molar refractivity (Wildman–Crippen MR) is 276 cm³/mol. The molecule has 0 bridgehead atoms. The second-order valence-corrected chi connectivity index (χ2v) is 22.9. The van der Waals surface area contributed by atoms with Crippen molar-refractivity contribution in [3.63, 3.8) is 0 Å². The van der Waals surface area contributed by atoms with Crippen molar-refractivity contribution in [3.05, 3.63) is 92.0 Å². The number of nitrogens with two attached hydrogens (primary N) is 1. The maximum atomic E-state index is 14.5. The molecule has 0 spiro atoms. The number of alkyl halides is 2. The molecule has 0 saturated carbocycles. The fourth-order valence-electron chi connectivity index (χ4n) is 10.8. The Morgan fingerprint density at radius 1 is 1.00 bits per heavy atom. The van der Waals surface area contributed by atoms with E-state index < -0.39 is 72.5 Å². The van der Waals surface area contributed by atoms with E-state index in [9.17, 15) is 56.7 Å². The Kier molecular flexibility index (Phi) is 16.0. The van der Waals surface area contributed by atoms with E-state index in [0.29, 0.717) is 79.3 Å². The summed E-state index contributed by atoms with van der Waals surface area (Å²) >= 11 is 10.6. The Morgan fingerprint density at radius 2 is 1.76 bits per heavy atom. The summed E-state index contributed by atoms with van der Waals surface area (Å²) in [6.45, 7) is 4.03. The van der Waals surface area contributed by atoms with E-state index >= 15 is 0 Å². The number of nitrogens with one attached hydrogen (secondary N) is 4. The number of nitrogens with zero attached hydrogens (tertiary/aromatic N) is 5. The lowest BCUT2D eigenvalue weighted by Crippen LogP contribution is -2.60. The van der Waals surface area contributed by atoms with Crippen LogP contribution in [0.1, 0.15) is 82.5 Å². The van der Waals surface area contributed by atoms with Gasteiger partial charge in [-0.1, -0.05) is 29.8 Å². The molecule has 4 fully saturated rings. The largest absolute Gasteiger partial charge is 0.490 e. The number of amides is 7. The number of H-pyrrole nitrogens is 1. The number of primary amides is 1. The van der Waals surface area contributed by atoms with Gasteiger partial charge in [0.1, 0.15) is 41.2 Å². The minimum Gasteiger partial charge on any atom is -0.490 e. The summed E-state index contributed by atoms with van der Waals surface area (Å²) in [5, 5.41) is 8.50. The molecule has 26 heteroatoms. The molecule has 5 aliphatic rings.